The van der Waals surface area contributed by atoms with Crippen LogP contribution >= 0.6 is 23.2 Å². The first-order chi connectivity index (χ1) is 7.18. The number of benzene rings is 1. The van der Waals surface area contributed by atoms with Gasteiger partial charge in [0.05, 0.1) is 5.02 Å². The molecule has 0 aliphatic heterocycles. The largest absolute Gasteiger partial charge is 0.383 e. The SMILES string of the molecule is Nc1ncccc1-c1ccc(Cl)cc1Cl. The number of pyridine rings is 1. The first kappa shape index (κ1) is 10.3. The zero-order chi connectivity index (χ0) is 10.8. The topological polar surface area (TPSA) is 38.9 Å². The summed E-state index contributed by atoms with van der Waals surface area (Å²) < 4.78 is 0. The Morgan fingerprint density at radius 2 is 1.87 bits per heavy atom. The van der Waals surface area contributed by atoms with Crippen LogP contribution in [0.15, 0.2) is 36.5 Å². The number of rotatable bonds is 1. The van der Waals surface area contributed by atoms with Gasteiger partial charge in [0.25, 0.3) is 0 Å². The highest BCUT2D eigenvalue weighted by atomic mass is 35.5. The maximum Gasteiger partial charge on any atom is 0.131 e. The zero-order valence-corrected chi connectivity index (χ0v) is 9.26. The quantitative estimate of drug-likeness (QED) is 0.825. The Balaban J connectivity index is 2.60. The minimum atomic E-state index is 0.460. The van der Waals surface area contributed by atoms with Crippen molar-refractivity contribution in [2.45, 2.75) is 0 Å². The van der Waals surface area contributed by atoms with Gasteiger partial charge in [0.2, 0.25) is 0 Å². The molecule has 1 heterocycles. The van der Waals surface area contributed by atoms with Crippen molar-refractivity contribution in [3.63, 3.8) is 0 Å². The minimum Gasteiger partial charge on any atom is -0.383 e. The van der Waals surface area contributed by atoms with Gasteiger partial charge in [-0.05, 0) is 24.3 Å². The maximum absolute atomic E-state index is 6.07. The maximum atomic E-state index is 6.07. The van der Waals surface area contributed by atoms with Crippen LogP contribution in [0.5, 0.6) is 0 Å². The van der Waals surface area contributed by atoms with Crippen LogP contribution in [0, 0.1) is 0 Å². The molecule has 2 N–H and O–H groups in total. The molecule has 0 aliphatic rings. The van der Waals surface area contributed by atoms with E-state index in [9.17, 15) is 0 Å². The van der Waals surface area contributed by atoms with Crippen molar-refractivity contribution in [1.82, 2.24) is 4.98 Å². The van der Waals surface area contributed by atoms with E-state index in [2.05, 4.69) is 4.98 Å². The van der Waals surface area contributed by atoms with Crippen molar-refractivity contribution in [2.75, 3.05) is 5.73 Å². The summed E-state index contributed by atoms with van der Waals surface area (Å²) in [4.78, 5) is 4.01. The third kappa shape index (κ3) is 2.06. The molecule has 76 valence electrons. The lowest BCUT2D eigenvalue weighted by Gasteiger charge is -2.06. The fraction of sp³-hybridized carbons (Fsp3) is 0. The molecule has 0 radical (unpaired) electrons. The van der Waals surface area contributed by atoms with Crippen LogP contribution < -0.4 is 5.73 Å². The lowest BCUT2D eigenvalue weighted by molar-refractivity contribution is 1.34. The van der Waals surface area contributed by atoms with Gasteiger partial charge in [-0.2, -0.15) is 0 Å². The highest BCUT2D eigenvalue weighted by Gasteiger charge is 2.07. The Kier molecular flexibility index (Phi) is 2.80. The summed E-state index contributed by atoms with van der Waals surface area (Å²) >= 11 is 11.9. The average Bonchev–Trinajstić information content (AvgIpc) is 2.20. The fourth-order valence-electron chi connectivity index (χ4n) is 1.35. The standard InChI is InChI=1S/C11H8Cl2N2/c12-7-3-4-8(10(13)6-7)9-2-1-5-15-11(9)14/h1-6H,(H2,14,15). The summed E-state index contributed by atoms with van der Waals surface area (Å²) in [5.41, 5.74) is 7.41. The second kappa shape index (κ2) is 4.09. The number of hydrogen-bond acceptors (Lipinski definition) is 2. The molecule has 0 saturated carbocycles. The fourth-order valence-corrected chi connectivity index (χ4v) is 1.86. The summed E-state index contributed by atoms with van der Waals surface area (Å²) in [7, 11) is 0. The highest BCUT2D eigenvalue weighted by molar-refractivity contribution is 6.36. The van der Waals surface area contributed by atoms with Crippen LogP contribution in [0.1, 0.15) is 0 Å². The summed E-state index contributed by atoms with van der Waals surface area (Å²) in [6, 6.07) is 8.98. The smallest absolute Gasteiger partial charge is 0.131 e. The Bertz CT molecular complexity index is 498. The number of nitrogens with two attached hydrogens (primary N) is 1. The molecule has 2 aromatic rings. The predicted molar refractivity (Wildman–Crippen MR) is 64.1 cm³/mol. The van der Waals surface area contributed by atoms with Crippen molar-refractivity contribution in [1.29, 1.82) is 0 Å². The van der Waals surface area contributed by atoms with Crippen molar-refractivity contribution in [3.05, 3.63) is 46.6 Å². The third-order valence-corrected chi connectivity index (χ3v) is 2.61. The summed E-state index contributed by atoms with van der Waals surface area (Å²) in [5, 5.41) is 1.17. The second-order valence-corrected chi connectivity index (χ2v) is 3.90. The minimum absolute atomic E-state index is 0.460. The molecule has 0 saturated heterocycles. The molecule has 2 nitrogen and oxygen atoms in total. The summed E-state index contributed by atoms with van der Waals surface area (Å²) in [6.45, 7) is 0. The van der Waals surface area contributed by atoms with Crippen molar-refractivity contribution >= 4 is 29.0 Å². The Labute approximate surface area is 97.7 Å². The molecule has 0 atom stereocenters. The molecule has 2 rings (SSSR count). The highest BCUT2D eigenvalue weighted by Crippen LogP contribution is 2.32. The van der Waals surface area contributed by atoms with Crippen LogP contribution in [-0.4, -0.2) is 4.98 Å². The van der Waals surface area contributed by atoms with Crippen LogP contribution in [0.2, 0.25) is 10.0 Å². The third-order valence-electron chi connectivity index (χ3n) is 2.06. The van der Waals surface area contributed by atoms with Crippen LogP contribution in [-0.2, 0) is 0 Å². The van der Waals surface area contributed by atoms with E-state index in [0.717, 1.165) is 11.1 Å². The van der Waals surface area contributed by atoms with Crippen LogP contribution in [0.25, 0.3) is 11.1 Å². The second-order valence-electron chi connectivity index (χ2n) is 3.06. The lowest BCUT2D eigenvalue weighted by Crippen LogP contribution is -1.93. The van der Waals surface area contributed by atoms with E-state index in [1.54, 1.807) is 18.3 Å². The van der Waals surface area contributed by atoms with Gasteiger partial charge in [0.15, 0.2) is 0 Å². The number of anilines is 1. The van der Waals surface area contributed by atoms with Gasteiger partial charge in [-0.25, -0.2) is 4.98 Å². The van der Waals surface area contributed by atoms with E-state index in [1.165, 1.54) is 0 Å². The van der Waals surface area contributed by atoms with E-state index in [-0.39, 0.29) is 0 Å². The molecule has 4 heteroatoms. The molecule has 0 bridgehead atoms. The first-order valence-corrected chi connectivity index (χ1v) is 5.10. The number of halogens is 2. The molecular formula is C11H8Cl2N2. The lowest BCUT2D eigenvalue weighted by atomic mass is 10.1. The Morgan fingerprint density at radius 3 is 2.53 bits per heavy atom. The van der Waals surface area contributed by atoms with Gasteiger partial charge in [0.1, 0.15) is 5.82 Å². The van der Waals surface area contributed by atoms with Gasteiger partial charge in [-0.15, -0.1) is 0 Å². The monoisotopic (exact) mass is 238 g/mol. The normalized spacial score (nSPS) is 10.3. The number of nitrogens with zero attached hydrogens (tertiary/aromatic N) is 1. The molecule has 0 unspecified atom stereocenters. The van der Waals surface area contributed by atoms with E-state index in [4.69, 9.17) is 28.9 Å². The van der Waals surface area contributed by atoms with Crippen LogP contribution in [0.4, 0.5) is 5.82 Å². The molecule has 0 aliphatic carbocycles. The van der Waals surface area contributed by atoms with Crippen molar-refractivity contribution in [3.8, 4) is 11.1 Å². The van der Waals surface area contributed by atoms with E-state index >= 15 is 0 Å². The van der Waals surface area contributed by atoms with Gasteiger partial charge in [-0.1, -0.05) is 29.3 Å². The summed E-state index contributed by atoms with van der Waals surface area (Å²) in [6.07, 6.45) is 1.64. The van der Waals surface area contributed by atoms with Gasteiger partial charge < -0.3 is 5.73 Å². The molecule has 0 spiro atoms. The number of hydrogen-bond donors (Lipinski definition) is 1. The number of nitrogen functional groups attached to an aromatic ring is 1. The summed E-state index contributed by atoms with van der Waals surface area (Å²) in [5.74, 6) is 0.460. The zero-order valence-electron chi connectivity index (χ0n) is 7.74. The number of aromatic nitrogens is 1. The van der Waals surface area contributed by atoms with E-state index in [1.807, 2.05) is 18.2 Å². The Hall–Kier alpha value is -1.25. The predicted octanol–water partition coefficient (Wildman–Crippen LogP) is 3.64. The van der Waals surface area contributed by atoms with Crippen molar-refractivity contribution in [2.24, 2.45) is 0 Å². The first-order valence-electron chi connectivity index (χ1n) is 4.34. The van der Waals surface area contributed by atoms with Gasteiger partial charge in [0, 0.05) is 22.3 Å². The van der Waals surface area contributed by atoms with Gasteiger partial charge in [-0.3, -0.25) is 0 Å². The van der Waals surface area contributed by atoms with E-state index in [0.29, 0.717) is 15.9 Å². The van der Waals surface area contributed by atoms with Crippen molar-refractivity contribution < 1.29 is 0 Å². The molecule has 1 aromatic carbocycles. The molecule has 15 heavy (non-hydrogen) atoms. The molecule has 1 aromatic heterocycles. The van der Waals surface area contributed by atoms with Gasteiger partial charge >= 0.3 is 0 Å². The molecule has 0 amide bonds. The average molecular weight is 239 g/mol. The van der Waals surface area contributed by atoms with Crippen LogP contribution in [0.3, 0.4) is 0 Å². The molecular weight excluding hydrogens is 231 g/mol. The van der Waals surface area contributed by atoms with E-state index < -0.39 is 0 Å². The Morgan fingerprint density at radius 1 is 1.07 bits per heavy atom. The molecule has 0 fully saturated rings.